The molecule has 2 saturated carbocycles. The van der Waals surface area contributed by atoms with Crippen molar-refractivity contribution in [3.8, 4) is 5.75 Å². The maximum Gasteiger partial charge on any atom is 0.200 e. The van der Waals surface area contributed by atoms with E-state index in [-0.39, 0.29) is 35.0 Å². The Morgan fingerprint density at radius 3 is 1.31 bits per heavy atom. The molecule has 0 atom stereocenters. The van der Waals surface area contributed by atoms with Crippen molar-refractivity contribution in [3.05, 3.63) is 99.1 Å². The topological polar surface area (TPSA) is 9.23 Å². The van der Waals surface area contributed by atoms with Gasteiger partial charge in [-0.3, -0.25) is 0 Å². The van der Waals surface area contributed by atoms with Crippen LogP contribution in [0.5, 0.6) is 5.75 Å². The first-order valence-electron chi connectivity index (χ1n) is 15.2. The van der Waals surface area contributed by atoms with Gasteiger partial charge >= 0.3 is 0 Å². The van der Waals surface area contributed by atoms with Gasteiger partial charge in [-0.05, 0) is 122 Å². The van der Waals surface area contributed by atoms with Crippen LogP contribution in [0.25, 0.3) is 0 Å². The van der Waals surface area contributed by atoms with Crippen LogP contribution in [-0.4, -0.2) is 6.61 Å². The lowest BCUT2D eigenvalue weighted by atomic mass is 9.74. The zero-order valence-corrected chi connectivity index (χ0v) is 24.2. The van der Waals surface area contributed by atoms with Gasteiger partial charge in [0.15, 0.2) is 34.8 Å². The number of hydrogen-bond donors (Lipinski definition) is 0. The highest BCUT2D eigenvalue weighted by molar-refractivity contribution is 5.36. The summed E-state index contributed by atoms with van der Waals surface area (Å²) >= 11 is 0. The van der Waals surface area contributed by atoms with Gasteiger partial charge in [0.05, 0.1) is 6.61 Å². The molecule has 0 heterocycles. The molecule has 42 heavy (non-hydrogen) atoms. The summed E-state index contributed by atoms with van der Waals surface area (Å²) in [4.78, 5) is 0. The van der Waals surface area contributed by atoms with Crippen molar-refractivity contribution < 1.29 is 31.1 Å². The molecule has 0 unspecified atom stereocenters. The minimum Gasteiger partial charge on any atom is -0.490 e. The van der Waals surface area contributed by atoms with Gasteiger partial charge in [-0.2, -0.15) is 4.39 Å². The fourth-order valence-electron chi connectivity index (χ4n) is 6.92. The molecule has 7 heteroatoms. The molecule has 3 aromatic carbocycles. The van der Waals surface area contributed by atoms with Gasteiger partial charge in [0.25, 0.3) is 0 Å². The van der Waals surface area contributed by atoms with Crippen molar-refractivity contribution in [2.75, 3.05) is 6.61 Å². The van der Waals surface area contributed by atoms with Crippen molar-refractivity contribution in [2.45, 2.75) is 102 Å². The summed E-state index contributed by atoms with van der Waals surface area (Å²) in [5.74, 6) is -6.00. The molecule has 0 N–H and O–H groups in total. The van der Waals surface area contributed by atoms with Crippen molar-refractivity contribution in [1.29, 1.82) is 0 Å². The van der Waals surface area contributed by atoms with E-state index < -0.39 is 34.9 Å². The number of ether oxygens (including phenoxy) is 1. The average Bonchev–Trinajstić information content (AvgIpc) is 3.00. The zero-order valence-electron chi connectivity index (χ0n) is 24.2. The molecule has 5 rings (SSSR count). The molecule has 0 aromatic heterocycles. The predicted octanol–water partition coefficient (Wildman–Crippen LogP) is 10.9. The first-order chi connectivity index (χ1) is 20.2. The summed E-state index contributed by atoms with van der Waals surface area (Å²) in [7, 11) is 0. The lowest BCUT2D eigenvalue weighted by Gasteiger charge is -2.31. The third-order valence-electron chi connectivity index (χ3n) is 9.49. The van der Waals surface area contributed by atoms with Gasteiger partial charge < -0.3 is 4.74 Å². The number of hydrogen-bond acceptors (Lipinski definition) is 1. The Bertz CT molecular complexity index is 1400. The number of benzene rings is 3. The van der Waals surface area contributed by atoms with Crippen LogP contribution in [0.2, 0.25) is 0 Å². The van der Waals surface area contributed by atoms with E-state index in [1.165, 1.54) is 13.0 Å². The SMILES string of the molecule is CCCCOc1ccc(C2CCC(c3ccc(C4CCC(c5ccc(C)c(F)c5F)CC4)c(F)c3F)CC2)c(F)c1F. The molecule has 1 nitrogen and oxygen atoms in total. The Balaban J connectivity index is 1.22. The fraction of sp³-hybridized carbons (Fsp3) is 0.486. The summed E-state index contributed by atoms with van der Waals surface area (Å²) in [5.41, 5.74) is 1.58. The lowest BCUT2D eigenvalue weighted by molar-refractivity contribution is 0.286. The molecule has 3 aromatic rings. The van der Waals surface area contributed by atoms with Crippen LogP contribution >= 0.6 is 0 Å². The third kappa shape index (κ3) is 6.07. The standard InChI is InChI=1S/C35H38F6O/c1-3-4-19-42-29-18-17-28(34(40)35(29)41)24-12-10-23(11-13-24)27-16-15-26(32(38)33(27)39)22-8-6-21(7-9-22)25-14-5-20(2)30(36)31(25)37/h5,14-18,21-24H,3-4,6-13,19H2,1-2H3. The van der Waals surface area contributed by atoms with Crippen LogP contribution < -0.4 is 4.74 Å². The minimum absolute atomic E-state index is 0.0827. The zero-order chi connectivity index (χ0) is 30.0. The van der Waals surface area contributed by atoms with Crippen molar-refractivity contribution in [3.63, 3.8) is 0 Å². The van der Waals surface area contributed by atoms with E-state index in [1.807, 2.05) is 6.92 Å². The summed E-state index contributed by atoms with van der Waals surface area (Å²) in [6.45, 7) is 3.84. The van der Waals surface area contributed by atoms with E-state index in [9.17, 15) is 17.6 Å². The summed E-state index contributed by atoms with van der Waals surface area (Å²) in [6.07, 6.45) is 6.07. The number of aryl methyl sites for hydroxylation is 1. The van der Waals surface area contributed by atoms with Gasteiger partial charge in [0, 0.05) is 0 Å². The summed E-state index contributed by atoms with van der Waals surface area (Å²) in [6, 6.07) is 9.61. The van der Waals surface area contributed by atoms with Crippen LogP contribution in [0, 0.1) is 41.8 Å². The smallest absolute Gasteiger partial charge is 0.200 e. The molecule has 0 bridgehead atoms. The van der Waals surface area contributed by atoms with E-state index in [2.05, 4.69) is 0 Å². The van der Waals surface area contributed by atoms with Gasteiger partial charge in [-0.15, -0.1) is 0 Å². The van der Waals surface area contributed by atoms with Crippen LogP contribution in [0.1, 0.15) is 123 Å². The van der Waals surface area contributed by atoms with Crippen molar-refractivity contribution in [2.24, 2.45) is 0 Å². The van der Waals surface area contributed by atoms with Crippen LogP contribution in [0.15, 0.2) is 36.4 Å². The minimum atomic E-state index is -0.973. The molecular formula is C35H38F6O. The molecule has 2 aliphatic rings. The van der Waals surface area contributed by atoms with E-state index in [0.717, 1.165) is 12.8 Å². The number of halogens is 6. The molecule has 0 saturated heterocycles. The molecule has 2 aliphatic carbocycles. The highest BCUT2D eigenvalue weighted by atomic mass is 19.2. The van der Waals surface area contributed by atoms with Gasteiger partial charge in [-0.1, -0.05) is 43.7 Å². The molecule has 0 aliphatic heterocycles. The first kappa shape index (κ1) is 30.5. The quantitative estimate of drug-likeness (QED) is 0.188. The maximum absolute atomic E-state index is 15.4. The molecule has 2 fully saturated rings. The highest BCUT2D eigenvalue weighted by Gasteiger charge is 2.32. The number of rotatable bonds is 8. The van der Waals surface area contributed by atoms with Crippen LogP contribution in [0.3, 0.4) is 0 Å². The lowest BCUT2D eigenvalue weighted by Crippen LogP contribution is -2.17. The highest BCUT2D eigenvalue weighted by Crippen LogP contribution is 2.46. The number of unbranched alkanes of at least 4 members (excludes halogenated alkanes) is 1. The largest absolute Gasteiger partial charge is 0.490 e. The van der Waals surface area contributed by atoms with E-state index in [4.69, 9.17) is 4.74 Å². The predicted molar refractivity (Wildman–Crippen MR) is 152 cm³/mol. The van der Waals surface area contributed by atoms with E-state index >= 15 is 8.78 Å². The van der Waals surface area contributed by atoms with Crippen molar-refractivity contribution in [1.82, 2.24) is 0 Å². The van der Waals surface area contributed by atoms with Gasteiger partial charge in [-0.25, -0.2) is 22.0 Å². The van der Waals surface area contributed by atoms with E-state index in [1.54, 1.807) is 30.3 Å². The molecule has 0 amide bonds. The normalized spacial score (nSPS) is 22.8. The van der Waals surface area contributed by atoms with Crippen LogP contribution in [-0.2, 0) is 0 Å². The Morgan fingerprint density at radius 1 is 0.524 bits per heavy atom. The second-order valence-corrected chi connectivity index (χ2v) is 12.1. The summed E-state index contributed by atoms with van der Waals surface area (Å²) < 4.78 is 94.2. The van der Waals surface area contributed by atoms with Crippen molar-refractivity contribution >= 4 is 0 Å². The Morgan fingerprint density at radius 2 is 0.881 bits per heavy atom. The fourth-order valence-corrected chi connectivity index (χ4v) is 6.92. The third-order valence-corrected chi connectivity index (χ3v) is 9.49. The molecular weight excluding hydrogens is 550 g/mol. The van der Waals surface area contributed by atoms with Crippen LogP contribution in [0.4, 0.5) is 26.3 Å². The average molecular weight is 589 g/mol. The van der Waals surface area contributed by atoms with E-state index in [0.29, 0.717) is 80.2 Å². The Labute approximate surface area is 244 Å². The second kappa shape index (κ2) is 13.1. The molecule has 0 radical (unpaired) electrons. The molecule has 0 spiro atoms. The first-order valence-corrected chi connectivity index (χ1v) is 15.2. The van der Waals surface area contributed by atoms with Gasteiger partial charge in [0.1, 0.15) is 0 Å². The summed E-state index contributed by atoms with van der Waals surface area (Å²) in [5, 5.41) is 0. The monoisotopic (exact) mass is 588 g/mol. The second-order valence-electron chi connectivity index (χ2n) is 12.1. The van der Waals surface area contributed by atoms with Gasteiger partial charge in [0.2, 0.25) is 5.82 Å². The Hall–Kier alpha value is -2.96. The maximum atomic E-state index is 15.4. The molecule has 226 valence electrons. The Kier molecular flexibility index (Phi) is 9.54.